The molecule has 9 heteroatoms. The van der Waals surface area contributed by atoms with Gasteiger partial charge in [-0.2, -0.15) is 4.31 Å². The molecule has 1 N–H and O–H groups in total. The van der Waals surface area contributed by atoms with Crippen LogP contribution in [0.1, 0.15) is 35.3 Å². The highest BCUT2D eigenvalue weighted by molar-refractivity contribution is 7.89. The Balaban J connectivity index is 1.67. The molecule has 0 bridgehead atoms. The summed E-state index contributed by atoms with van der Waals surface area (Å²) in [6.07, 6.45) is 2.68. The number of pyridine rings is 1. The molecule has 0 atom stereocenters. The number of aryl methyl sites for hydroxylation is 1. The van der Waals surface area contributed by atoms with Crippen LogP contribution >= 0.6 is 0 Å². The van der Waals surface area contributed by atoms with E-state index in [9.17, 15) is 17.6 Å². The molecule has 0 saturated carbocycles. The third-order valence-corrected chi connectivity index (χ3v) is 7.48. The van der Waals surface area contributed by atoms with E-state index in [1.54, 1.807) is 19.1 Å². The lowest BCUT2D eigenvalue weighted by Crippen LogP contribution is -2.35. The van der Waals surface area contributed by atoms with Crippen LogP contribution in [0.4, 0.5) is 10.1 Å². The number of carbonyl (C=O) groups excluding carboxylic acids is 1. The van der Waals surface area contributed by atoms with E-state index in [0.29, 0.717) is 41.0 Å². The number of rotatable bonds is 5. The van der Waals surface area contributed by atoms with Crippen molar-refractivity contribution in [2.24, 2.45) is 0 Å². The fourth-order valence-electron chi connectivity index (χ4n) is 3.86. The number of benzene rings is 2. The van der Waals surface area contributed by atoms with Crippen molar-refractivity contribution >= 4 is 32.5 Å². The van der Waals surface area contributed by atoms with Gasteiger partial charge in [0.2, 0.25) is 10.0 Å². The molecule has 1 amide bonds. The second-order valence-corrected chi connectivity index (χ2v) is 9.68. The standard InChI is InChI=1S/C23H24FN3O4S/c1-15-19(12-16-6-7-17(24)13-20(16)25-15)23(28)26-21-14-18(8-9-22(21)31-2)32(29,30)27-10-4-3-5-11-27/h6-9,12-14H,3-5,10-11H2,1-2H3,(H,26,28). The van der Waals surface area contributed by atoms with Crippen LogP contribution < -0.4 is 10.1 Å². The van der Waals surface area contributed by atoms with Crippen LogP contribution in [0.3, 0.4) is 0 Å². The predicted molar refractivity (Wildman–Crippen MR) is 120 cm³/mol. The summed E-state index contributed by atoms with van der Waals surface area (Å²) in [5.41, 5.74) is 1.42. The second-order valence-electron chi connectivity index (χ2n) is 7.74. The number of hydrogen-bond acceptors (Lipinski definition) is 5. The highest BCUT2D eigenvalue weighted by Crippen LogP contribution is 2.30. The van der Waals surface area contributed by atoms with Crippen LogP contribution in [-0.2, 0) is 10.0 Å². The van der Waals surface area contributed by atoms with Gasteiger partial charge >= 0.3 is 0 Å². The summed E-state index contributed by atoms with van der Waals surface area (Å²) in [6.45, 7) is 2.63. The van der Waals surface area contributed by atoms with Gasteiger partial charge in [0, 0.05) is 24.5 Å². The first-order valence-corrected chi connectivity index (χ1v) is 11.8. The Morgan fingerprint density at radius 1 is 1.09 bits per heavy atom. The number of methoxy groups -OCH3 is 1. The Morgan fingerprint density at radius 3 is 2.56 bits per heavy atom. The van der Waals surface area contributed by atoms with Crippen LogP contribution in [0, 0.1) is 12.7 Å². The summed E-state index contributed by atoms with van der Waals surface area (Å²) < 4.78 is 46.4. The number of ether oxygens (including phenoxy) is 1. The van der Waals surface area contributed by atoms with Crippen molar-refractivity contribution < 1.29 is 22.3 Å². The number of fused-ring (bicyclic) bond motifs is 1. The maximum Gasteiger partial charge on any atom is 0.257 e. The molecular formula is C23H24FN3O4S. The van der Waals surface area contributed by atoms with Gasteiger partial charge in [-0.1, -0.05) is 6.42 Å². The van der Waals surface area contributed by atoms with Gasteiger partial charge in [-0.3, -0.25) is 9.78 Å². The SMILES string of the molecule is COc1ccc(S(=O)(=O)N2CCCCC2)cc1NC(=O)c1cc2ccc(F)cc2nc1C. The van der Waals surface area contributed by atoms with E-state index in [2.05, 4.69) is 10.3 Å². The number of hydrogen-bond donors (Lipinski definition) is 1. The maximum absolute atomic E-state index is 13.5. The minimum atomic E-state index is -3.67. The highest BCUT2D eigenvalue weighted by atomic mass is 32.2. The third kappa shape index (κ3) is 4.31. The molecule has 0 spiro atoms. The smallest absolute Gasteiger partial charge is 0.257 e. The quantitative estimate of drug-likeness (QED) is 0.623. The number of nitrogens with zero attached hydrogens (tertiary/aromatic N) is 2. The van der Waals surface area contributed by atoms with Crippen molar-refractivity contribution in [1.82, 2.24) is 9.29 Å². The minimum Gasteiger partial charge on any atom is -0.495 e. The maximum atomic E-state index is 13.5. The Morgan fingerprint density at radius 2 is 1.84 bits per heavy atom. The Labute approximate surface area is 186 Å². The van der Waals surface area contributed by atoms with Gasteiger partial charge in [0.1, 0.15) is 11.6 Å². The van der Waals surface area contributed by atoms with Gasteiger partial charge in [-0.15, -0.1) is 0 Å². The van der Waals surface area contributed by atoms with Gasteiger partial charge in [0.05, 0.1) is 34.5 Å². The summed E-state index contributed by atoms with van der Waals surface area (Å²) in [4.78, 5) is 17.5. The van der Waals surface area contributed by atoms with E-state index in [0.717, 1.165) is 19.3 Å². The fraction of sp³-hybridized carbons (Fsp3) is 0.304. The van der Waals surface area contributed by atoms with Crippen LogP contribution in [0.2, 0.25) is 0 Å². The number of sulfonamides is 1. The van der Waals surface area contributed by atoms with E-state index in [-0.39, 0.29) is 10.6 Å². The van der Waals surface area contributed by atoms with E-state index < -0.39 is 21.7 Å². The largest absolute Gasteiger partial charge is 0.495 e. The number of amides is 1. The molecule has 32 heavy (non-hydrogen) atoms. The molecule has 0 unspecified atom stereocenters. The molecule has 2 heterocycles. The summed E-state index contributed by atoms with van der Waals surface area (Å²) in [7, 11) is -2.23. The Hall–Kier alpha value is -3.04. The van der Waals surface area contributed by atoms with Crippen molar-refractivity contribution in [2.45, 2.75) is 31.1 Å². The molecule has 2 aromatic carbocycles. The Kier molecular flexibility index (Phi) is 6.12. The molecule has 1 fully saturated rings. The van der Waals surface area contributed by atoms with E-state index in [4.69, 9.17) is 4.74 Å². The van der Waals surface area contributed by atoms with Gasteiger partial charge < -0.3 is 10.1 Å². The van der Waals surface area contributed by atoms with Crippen molar-refractivity contribution in [3.63, 3.8) is 0 Å². The first-order chi connectivity index (χ1) is 15.3. The van der Waals surface area contributed by atoms with E-state index in [1.165, 1.54) is 41.7 Å². The number of anilines is 1. The molecule has 0 aliphatic carbocycles. The van der Waals surface area contributed by atoms with Gasteiger partial charge in [0.15, 0.2) is 0 Å². The average molecular weight is 458 g/mol. The number of halogens is 1. The summed E-state index contributed by atoms with van der Waals surface area (Å²) in [6, 6.07) is 10.2. The van der Waals surface area contributed by atoms with Gasteiger partial charge in [0.25, 0.3) is 5.91 Å². The van der Waals surface area contributed by atoms with Crippen molar-refractivity contribution in [3.05, 3.63) is 59.5 Å². The third-order valence-electron chi connectivity index (χ3n) is 5.59. The molecule has 1 saturated heterocycles. The van der Waals surface area contributed by atoms with Crippen molar-refractivity contribution in [1.29, 1.82) is 0 Å². The van der Waals surface area contributed by atoms with E-state index >= 15 is 0 Å². The number of piperidine rings is 1. The average Bonchev–Trinajstić information content (AvgIpc) is 2.79. The van der Waals surface area contributed by atoms with E-state index in [1.807, 2.05) is 0 Å². The summed E-state index contributed by atoms with van der Waals surface area (Å²) in [5.74, 6) is -0.533. The van der Waals surface area contributed by atoms with Crippen LogP contribution in [0.25, 0.3) is 10.9 Å². The molecule has 7 nitrogen and oxygen atoms in total. The minimum absolute atomic E-state index is 0.0966. The zero-order valence-electron chi connectivity index (χ0n) is 17.9. The molecule has 1 aliphatic rings. The molecule has 3 aromatic rings. The van der Waals surface area contributed by atoms with Gasteiger partial charge in [-0.05, 0) is 56.2 Å². The first-order valence-electron chi connectivity index (χ1n) is 10.4. The first kappa shape index (κ1) is 22.2. The molecule has 1 aromatic heterocycles. The predicted octanol–water partition coefficient (Wildman–Crippen LogP) is 4.12. The van der Waals surface area contributed by atoms with Crippen LogP contribution in [0.15, 0.2) is 47.4 Å². The molecule has 4 rings (SSSR count). The van der Waals surface area contributed by atoms with Crippen molar-refractivity contribution in [2.75, 3.05) is 25.5 Å². The lowest BCUT2D eigenvalue weighted by atomic mass is 10.1. The Bertz CT molecular complexity index is 1290. The monoisotopic (exact) mass is 457 g/mol. The molecule has 168 valence electrons. The number of nitrogens with one attached hydrogen (secondary N) is 1. The second kappa shape index (κ2) is 8.84. The van der Waals surface area contributed by atoms with Crippen molar-refractivity contribution in [3.8, 4) is 5.75 Å². The topological polar surface area (TPSA) is 88.6 Å². The van der Waals surface area contributed by atoms with Crippen LogP contribution in [0.5, 0.6) is 5.75 Å². The number of carbonyl (C=O) groups is 1. The molecular weight excluding hydrogens is 433 g/mol. The normalized spacial score (nSPS) is 15.0. The van der Waals surface area contributed by atoms with Crippen LogP contribution in [-0.4, -0.2) is 43.8 Å². The summed E-state index contributed by atoms with van der Waals surface area (Å²) >= 11 is 0. The number of aromatic nitrogens is 1. The lowest BCUT2D eigenvalue weighted by molar-refractivity contribution is 0.102. The zero-order valence-corrected chi connectivity index (χ0v) is 18.7. The fourth-order valence-corrected chi connectivity index (χ4v) is 5.40. The zero-order chi connectivity index (χ0) is 22.9. The highest BCUT2D eigenvalue weighted by Gasteiger charge is 2.27. The lowest BCUT2D eigenvalue weighted by Gasteiger charge is -2.26. The molecule has 0 radical (unpaired) electrons. The summed E-state index contributed by atoms with van der Waals surface area (Å²) in [5, 5.41) is 3.37. The molecule has 1 aliphatic heterocycles. The van der Waals surface area contributed by atoms with Gasteiger partial charge in [-0.25, -0.2) is 12.8 Å².